The molecule has 0 aliphatic rings. The Labute approximate surface area is 74.2 Å². The lowest BCUT2D eigenvalue weighted by atomic mass is 10.4. The third-order valence-electron chi connectivity index (χ3n) is 1.62. The zero-order chi connectivity index (χ0) is 10.1. The van der Waals surface area contributed by atoms with E-state index in [1.54, 1.807) is 19.0 Å². The lowest BCUT2D eigenvalue weighted by Gasteiger charge is -2.10. The van der Waals surface area contributed by atoms with Gasteiger partial charge in [0, 0.05) is 31.9 Å². The molecule has 0 aliphatic carbocycles. The van der Waals surface area contributed by atoms with Crippen LogP contribution < -0.4 is 9.47 Å². The van der Waals surface area contributed by atoms with E-state index in [4.69, 9.17) is 0 Å². The molecule has 5 heteroatoms. The van der Waals surface area contributed by atoms with Crippen LogP contribution in [0.5, 0.6) is 0 Å². The van der Waals surface area contributed by atoms with E-state index in [2.05, 4.69) is 0 Å². The summed E-state index contributed by atoms with van der Waals surface area (Å²) in [5.41, 5.74) is 0.737. The minimum atomic E-state index is -4.33. The summed E-state index contributed by atoms with van der Waals surface area (Å²) in [5.74, 6) is 0. The quantitative estimate of drug-likeness (QED) is 0.610. The second-order valence-electron chi connectivity index (χ2n) is 2.83. The molecular formula is C8H10F3N2+. The maximum Gasteiger partial charge on any atom is 0.637 e. The van der Waals surface area contributed by atoms with Crippen molar-refractivity contribution in [2.75, 3.05) is 19.0 Å². The molecule has 13 heavy (non-hydrogen) atoms. The number of hydrogen-bond donors (Lipinski definition) is 0. The Hall–Kier alpha value is -1.26. The summed E-state index contributed by atoms with van der Waals surface area (Å²) in [7, 11) is 3.54. The van der Waals surface area contributed by atoms with Gasteiger partial charge in [-0.3, -0.25) is 0 Å². The molecule has 1 rings (SSSR count). The van der Waals surface area contributed by atoms with E-state index in [0.29, 0.717) is 0 Å². The SMILES string of the molecule is CN(C)c1cc[n+](C(F)(F)F)cc1. The highest BCUT2D eigenvalue weighted by atomic mass is 19.4. The summed E-state index contributed by atoms with van der Waals surface area (Å²) in [6, 6.07) is 2.82. The van der Waals surface area contributed by atoms with Crippen molar-refractivity contribution in [3.63, 3.8) is 0 Å². The van der Waals surface area contributed by atoms with E-state index in [1.807, 2.05) is 0 Å². The molecular weight excluding hydrogens is 181 g/mol. The molecule has 2 nitrogen and oxygen atoms in total. The average Bonchev–Trinajstić information content (AvgIpc) is 2.03. The highest BCUT2D eigenvalue weighted by Gasteiger charge is 2.40. The van der Waals surface area contributed by atoms with Gasteiger partial charge in [-0.1, -0.05) is 0 Å². The summed E-state index contributed by atoms with van der Waals surface area (Å²) in [6.07, 6.45) is -2.34. The average molecular weight is 191 g/mol. The Morgan fingerprint density at radius 2 is 1.62 bits per heavy atom. The van der Waals surface area contributed by atoms with Gasteiger partial charge in [-0.15, -0.1) is 17.7 Å². The van der Waals surface area contributed by atoms with Gasteiger partial charge in [0.15, 0.2) is 12.4 Å². The first-order valence-corrected chi connectivity index (χ1v) is 3.67. The molecule has 0 radical (unpaired) electrons. The molecule has 0 aromatic carbocycles. The van der Waals surface area contributed by atoms with Crippen LogP contribution in [0.1, 0.15) is 0 Å². The van der Waals surface area contributed by atoms with Crippen molar-refractivity contribution in [1.82, 2.24) is 0 Å². The molecule has 0 saturated carbocycles. The topological polar surface area (TPSA) is 7.12 Å². The molecule has 1 aromatic rings. The molecule has 0 fully saturated rings. The summed E-state index contributed by atoms with van der Waals surface area (Å²) in [6.45, 7) is 0. The van der Waals surface area contributed by atoms with Crippen molar-refractivity contribution in [3.05, 3.63) is 24.5 Å². The second kappa shape index (κ2) is 3.24. The number of hydrogen-bond acceptors (Lipinski definition) is 1. The van der Waals surface area contributed by atoms with Crippen LogP contribution in [0.4, 0.5) is 18.9 Å². The monoisotopic (exact) mass is 191 g/mol. The molecule has 72 valence electrons. The molecule has 1 aromatic heterocycles. The Morgan fingerprint density at radius 3 is 1.92 bits per heavy atom. The largest absolute Gasteiger partial charge is 0.637 e. The van der Waals surface area contributed by atoms with E-state index in [0.717, 1.165) is 18.1 Å². The van der Waals surface area contributed by atoms with Gasteiger partial charge in [0.2, 0.25) is 0 Å². The summed E-state index contributed by atoms with van der Waals surface area (Å²) < 4.78 is 36.4. The van der Waals surface area contributed by atoms with Gasteiger partial charge in [-0.25, -0.2) is 0 Å². The Morgan fingerprint density at radius 1 is 1.15 bits per heavy atom. The highest BCUT2D eigenvalue weighted by Crippen LogP contribution is 2.15. The summed E-state index contributed by atoms with van der Waals surface area (Å²) >= 11 is 0. The molecule has 0 amide bonds. The predicted molar refractivity (Wildman–Crippen MR) is 42.3 cm³/mol. The van der Waals surface area contributed by atoms with Crippen molar-refractivity contribution in [2.45, 2.75) is 6.30 Å². The van der Waals surface area contributed by atoms with E-state index >= 15 is 0 Å². The van der Waals surface area contributed by atoms with Gasteiger partial charge in [0.05, 0.1) is 0 Å². The maximum atomic E-state index is 12.1. The van der Waals surface area contributed by atoms with Gasteiger partial charge >= 0.3 is 6.30 Å². The molecule has 0 spiro atoms. The first-order chi connectivity index (χ1) is 5.91. The number of pyridine rings is 1. The minimum absolute atomic E-state index is 0.208. The molecule has 0 bridgehead atoms. The molecule has 0 unspecified atom stereocenters. The zero-order valence-electron chi connectivity index (χ0n) is 7.34. The molecule has 1 heterocycles. The van der Waals surface area contributed by atoms with Crippen LogP contribution in [0, 0.1) is 0 Å². The number of alkyl halides is 3. The van der Waals surface area contributed by atoms with Gasteiger partial charge in [-0.05, 0) is 0 Å². The van der Waals surface area contributed by atoms with E-state index in [1.165, 1.54) is 12.1 Å². The third kappa shape index (κ3) is 2.34. The van der Waals surface area contributed by atoms with Crippen molar-refractivity contribution in [1.29, 1.82) is 0 Å². The van der Waals surface area contributed by atoms with Gasteiger partial charge in [0.1, 0.15) is 0 Å². The maximum absolute atomic E-state index is 12.1. The normalized spacial score (nSPS) is 11.5. The van der Waals surface area contributed by atoms with Gasteiger partial charge < -0.3 is 4.90 Å². The highest BCUT2D eigenvalue weighted by molar-refractivity contribution is 5.41. The van der Waals surface area contributed by atoms with E-state index < -0.39 is 6.30 Å². The first kappa shape index (κ1) is 9.83. The minimum Gasteiger partial charge on any atom is -0.377 e. The number of halogens is 3. The summed E-state index contributed by atoms with van der Waals surface area (Å²) in [5, 5.41) is 0. The third-order valence-corrected chi connectivity index (χ3v) is 1.62. The van der Waals surface area contributed by atoms with E-state index in [-0.39, 0.29) is 4.57 Å². The standard InChI is InChI=1S/C8H10F3N2/c1-12(2)7-3-5-13(6-4-7)8(9,10)11/h3-6H,1-2H3/q+1. The smallest absolute Gasteiger partial charge is 0.377 e. The van der Waals surface area contributed by atoms with Crippen LogP contribution in [-0.2, 0) is 6.30 Å². The van der Waals surface area contributed by atoms with Crippen molar-refractivity contribution < 1.29 is 17.7 Å². The fourth-order valence-electron chi connectivity index (χ4n) is 0.886. The van der Waals surface area contributed by atoms with Gasteiger partial charge in [-0.2, -0.15) is 0 Å². The molecule has 0 N–H and O–H groups in total. The van der Waals surface area contributed by atoms with E-state index in [9.17, 15) is 13.2 Å². The predicted octanol–water partition coefficient (Wildman–Crippen LogP) is 1.52. The number of aromatic nitrogens is 1. The lowest BCUT2D eigenvalue weighted by Crippen LogP contribution is -2.46. The number of anilines is 1. The lowest BCUT2D eigenvalue weighted by molar-refractivity contribution is -0.854. The fraction of sp³-hybridized carbons (Fsp3) is 0.375. The molecule has 0 saturated heterocycles. The molecule has 0 aliphatic heterocycles. The van der Waals surface area contributed by atoms with Crippen LogP contribution >= 0.6 is 0 Å². The Kier molecular flexibility index (Phi) is 2.45. The fourth-order valence-corrected chi connectivity index (χ4v) is 0.886. The molecule has 0 atom stereocenters. The van der Waals surface area contributed by atoms with Crippen molar-refractivity contribution in [2.24, 2.45) is 0 Å². The zero-order valence-corrected chi connectivity index (χ0v) is 7.34. The first-order valence-electron chi connectivity index (χ1n) is 3.67. The second-order valence-corrected chi connectivity index (χ2v) is 2.83. The van der Waals surface area contributed by atoms with Crippen LogP contribution in [0.2, 0.25) is 0 Å². The van der Waals surface area contributed by atoms with Crippen LogP contribution in [0.3, 0.4) is 0 Å². The van der Waals surface area contributed by atoms with Gasteiger partial charge in [0.25, 0.3) is 0 Å². The van der Waals surface area contributed by atoms with Crippen LogP contribution in [-0.4, -0.2) is 14.1 Å². The Bertz CT molecular complexity index is 276. The van der Waals surface area contributed by atoms with Crippen molar-refractivity contribution in [3.8, 4) is 0 Å². The number of rotatable bonds is 1. The number of nitrogens with zero attached hydrogens (tertiary/aromatic N) is 2. The van der Waals surface area contributed by atoms with Crippen molar-refractivity contribution >= 4 is 5.69 Å². The van der Waals surface area contributed by atoms with Crippen LogP contribution in [0.15, 0.2) is 24.5 Å². The Balaban J connectivity index is 2.94. The van der Waals surface area contributed by atoms with Crippen LogP contribution in [0.25, 0.3) is 0 Å². The summed E-state index contributed by atoms with van der Waals surface area (Å²) in [4.78, 5) is 1.74.